The highest BCUT2D eigenvalue weighted by molar-refractivity contribution is 5.65. The SMILES string of the molecule is O=C(O)N1CCC(Oc2cccnc2)CC1. The summed E-state index contributed by atoms with van der Waals surface area (Å²) in [5, 5.41) is 8.79. The van der Waals surface area contributed by atoms with Crippen LogP contribution < -0.4 is 4.74 Å². The fourth-order valence-electron chi connectivity index (χ4n) is 1.77. The van der Waals surface area contributed by atoms with Crippen LogP contribution in [0.4, 0.5) is 4.79 Å². The molecule has 1 aromatic heterocycles. The third-order valence-corrected chi connectivity index (χ3v) is 2.65. The minimum Gasteiger partial charge on any atom is -0.489 e. The zero-order valence-corrected chi connectivity index (χ0v) is 8.87. The maximum Gasteiger partial charge on any atom is 0.407 e. The van der Waals surface area contributed by atoms with Crippen molar-refractivity contribution < 1.29 is 14.6 Å². The molecule has 86 valence electrons. The summed E-state index contributed by atoms with van der Waals surface area (Å²) in [6.07, 6.45) is 4.09. The lowest BCUT2D eigenvalue weighted by Gasteiger charge is -2.30. The van der Waals surface area contributed by atoms with Crippen molar-refractivity contribution in [1.82, 2.24) is 9.88 Å². The van der Waals surface area contributed by atoms with Crippen molar-refractivity contribution in [3.63, 3.8) is 0 Å². The van der Waals surface area contributed by atoms with E-state index >= 15 is 0 Å². The van der Waals surface area contributed by atoms with Gasteiger partial charge in [0, 0.05) is 32.1 Å². The Labute approximate surface area is 93.7 Å². The van der Waals surface area contributed by atoms with E-state index < -0.39 is 6.09 Å². The molecule has 5 heteroatoms. The molecule has 0 radical (unpaired) electrons. The monoisotopic (exact) mass is 222 g/mol. The highest BCUT2D eigenvalue weighted by Gasteiger charge is 2.23. The number of nitrogens with zero attached hydrogens (tertiary/aromatic N) is 2. The molecule has 0 unspecified atom stereocenters. The van der Waals surface area contributed by atoms with Gasteiger partial charge in [0.25, 0.3) is 0 Å². The number of aromatic nitrogens is 1. The first kappa shape index (κ1) is 10.7. The lowest BCUT2D eigenvalue weighted by atomic mass is 10.1. The Morgan fingerprint density at radius 2 is 2.25 bits per heavy atom. The van der Waals surface area contributed by atoms with Crippen LogP contribution in [0.1, 0.15) is 12.8 Å². The van der Waals surface area contributed by atoms with Crippen LogP contribution in [-0.4, -0.2) is 40.3 Å². The first-order valence-electron chi connectivity index (χ1n) is 5.30. The Morgan fingerprint density at radius 1 is 1.50 bits per heavy atom. The topological polar surface area (TPSA) is 62.7 Å². The zero-order valence-electron chi connectivity index (χ0n) is 8.87. The molecule has 0 bridgehead atoms. The van der Waals surface area contributed by atoms with E-state index in [0.29, 0.717) is 13.1 Å². The fraction of sp³-hybridized carbons (Fsp3) is 0.455. The number of ether oxygens (including phenoxy) is 1. The second-order valence-electron chi connectivity index (χ2n) is 3.78. The molecule has 5 nitrogen and oxygen atoms in total. The number of hydrogen-bond donors (Lipinski definition) is 1. The number of piperidine rings is 1. The maximum atomic E-state index is 10.7. The van der Waals surface area contributed by atoms with Gasteiger partial charge < -0.3 is 14.7 Å². The molecular formula is C11H14N2O3. The molecule has 1 aliphatic heterocycles. The number of amides is 1. The van der Waals surface area contributed by atoms with E-state index in [1.807, 2.05) is 12.1 Å². The molecule has 0 spiro atoms. The summed E-state index contributed by atoms with van der Waals surface area (Å²) in [6.45, 7) is 1.08. The number of carboxylic acid groups (broad SMARTS) is 1. The average Bonchev–Trinajstić information content (AvgIpc) is 2.31. The van der Waals surface area contributed by atoms with Gasteiger partial charge in [-0.05, 0) is 12.1 Å². The summed E-state index contributed by atoms with van der Waals surface area (Å²) in [6, 6.07) is 3.68. The smallest absolute Gasteiger partial charge is 0.407 e. The predicted octanol–water partition coefficient (Wildman–Crippen LogP) is 1.60. The van der Waals surface area contributed by atoms with Crippen LogP contribution >= 0.6 is 0 Å². The van der Waals surface area contributed by atoms with Gasteiger partial charge in [-0.3, -0.25) is 4.98 Å². The zero-order chi connectivity index (χ0) is 11.4. The van der Waals surface area contributed by atoms with Gasteiger partial charge in [0.05, 0.1) is 6.20 Å². The number of rotatable bonds is 2. The summed E-state index contributed by atoms with van der Waals surface area (Å²) in [5.41, 5.74) is 0. The molecule has 1 N–H and O–H groups in total. The van der Waals surface area contributed by atoms with Crippen molar-refractivity contribution in [2.75, 3.05) is 13.1 Å². The summed E-state index contributed by atoms with van der Waals surface area (Å²) in [7, 11) is 0. The van der Waals surface area contributed by atoms with Gasteiger partial charge in [0.2, 0.25) is 0 Å². The second-order valence-corrected chi connectivity index (χ2v) is 3.78. The largest absolute Gasteiger partial charge is 0.489 e. The highest BCUT2D eigenvalue weighted by atomic mass is 16.5. The van der Waals surface area contributed by atoms with Crippen LogP contribution in [0.5, 0.6) is 5.75 Å². The van der Waals surface area contributed by atoms with Crippen molar-refractivity contribution >= 4 is 6.09 Å². The van der Waals surface area contributed by atoms with Crippen molar-refractivity contribution in [2.45, 2.75) is 18.9 Å². The minimum atomic E-state index is -0.847. The molecule has 16 heavy (non-hydrogen) atoms. The molecule has 0 aliphatic carbocycles. The fourth-order valence-corrected chi connectivity index (χ4v) is 1.77. The lowest BCUT2D eigenvalue weighted by Crippen LogP contribution is -2.41. The first-order chi connectivity index (χ1) is 7.75. The third-order valence-electron chi connectivity index (χ3n) is 2.65. The third kappa shape index (κ3) is 2.62. The number of carbonyl (C=O) groups is 1. The Balaban J connectivity index is 1.84. The highest BCUT2D eigenvalue weighted by Crippen LogP contribution is 2.17. The standard InChI is InChI=1S/C11H14N2O3/c14-11(15)13-6-3-9(4-7-13)16-10-2-1-5-12-8-10/h1-2,5,8-9H,3-4,6-7H2,(H,14,15). The number of pyridine rings is 1. The summed E-state index contributed by atoms with van der Waals surface area (Å²) >= 11 is 0. The lowest BCUT2D eigenvalue weighted by molar-refractivity contribution is 0.0893. The normalized spacial score (nSPS) is 17.1. The summed E-state index contributed by atoms with van der Waals surface area (Å²) in [4.78, 5) is 16.1. The number of likely N-dealkylation sites (tertiary alicyclic amines) is 1. The molecule has 0 aromatic carbocycles. The quantitative estimate of drug-likeness (QED) is 0.825. The van der Waals surface area contributed by atoms with E-state index in [-0.39, 0.29) is 6.10 Å². The van der Waals surface area contributed by atoms with Gasteiger partial charge in [-0.2, -0.15) is 0 Å². The molecular weight excluding hydrogens is 208 g/mol. The van der Waals surface area contributed by atoms with Gasteiger partial charge in [0.15, 0.2) is 0 Å². The predicted molar refractivity (Wildman–Crippen MR) is 57.5 cm³/mol. The molecule has 1 aromatic rings. The Bertz CT molecular complexity index is 348. The average molecular weight is 222 g/mol. The van der Waals surface area contributed by atoms with Gasteiger partial charge in [-0.15, -0.1) is 0 Å². The van der Waals surface area contributed by atoms with Crippen LogP contribution in [0.15, 0.2) is 24.5 Å². The minimum absolute atomic E-state index is 0.0970. The number of hydrogen-bond acceptors (Lipinski definition) is 3. The second kappa shape index (κ2) is 4.83. The first-order valence-corrected chi connectivity index (χ1v) is 5.30. The van der Waals surface area contributed by atoms with E-state index in [9.17, 15) is 4.79 Å². The van der Waals surface area contributed by atoms with Crippen molar-refractivity contribution in [2.24, 2.45) is 0 Å². The van der Waals surface area contributed by atoms with Crippen molar-refractivity contribution in [1.29, 1.82) is 0 Å². The van der Waals surface area contributed by atoms with E-state index in [1.54, 1.807) is 12.4 Å². The Kier molecular flexibility index (Phi) is 3.24. The van der Waals surface area contributed by atoms with E-state index in [4.69, 9.17) is 9.84 Å². The Hall–Kier alpha value is -1.78. The molecule has 1 saturated heterocycles. The van der Waals surface area contributed by atoms with E-state index in [1.165, 1.54) is 4.90 Å². The molecule has 2 heterocycles. The van der Waals surface area contributed by atoms with Gasteiger partial charge in [0.1, 0.15) is 11.9 Å². The molecule has 0 saturated carbocycles. The van der Waals surface area contributed by atoms with Gasteiger partial charge in [-0.1, -0.05) is 0 Å². The van der Waals surface area contributed by atoms with Gasteiger partial charge in [-0.25, -0.2) is 4.79 Å². The van der Waals surface area contributed by atoms with Crippen LogP contribution in [-0.2, 0) is 0 Å². The maximum absolute atomic E-state index is 10.7. The summed E-state index contributed by atoms with van der Waals surface area (Å²) in [5.74, 6) is 0.747. The molecule has 2 rings (SSSR count). The Morgan fingerprint density at radius 3 is 2.81 bits per heavy atom. The van der Waals surface area contributed by atoms with Crippen LogP contribution in [0.2, 0.25) is 0 Å². The molecule has 1 fully saturated rings. The van der Waals surface area contributed by atoms with Gasteiger partial charge >= 0.3 is 6.09 Å². The van der Waals surface area contributed by atoms with Crippen molar-refractivity contribution in [3.05, 3.63) is 24.5 Å². The van der Waals surface area contributed by atoms with E-state index in [2.05, 4.69) is 4.98 Å². The molecule has 0 atom stereocenters. The van der Waals surface area contributed by atoms with Crippen molar-refractivity contribution in [3.8, 4) is 5.75 Å². The molecule has 1 aliphatic rings. The van der Waals surface area contributed by atoms with Crippen LogP contribution in [0.3, 0.4) is 0 Å². The van der Waals surface area contributed by atoms with Crippen LogP contribution in [0, 0.1) is 0 Å². The van der Waals surface area contributed by atoms with Crippen LogP contribution in [0.25, 0.3) is 0 Å². The molecule has 1 amide bonds. The summed E-state index contributed by atoms with van der Waals surface area (Å²) < 4.78 is 5.70. The van der Waals surface area contributed by atoms with E-state index in [0.717, 1.165) is 18.6 Å².